The van der Waals surface area contributed by atoms with E-state index in [1.165, 1.54) is 6.33 Å². The largest absolute Gasteiger partial charge is 0.364 e. The summed E-state index contributed by atoms with van der Waals surface area (Å²) in [5.41, 5.74) is 3.43. The van der Waals surface area contributed by atoms with Gasteiger partial charge in [-0.3, -0.25) is 10.1 Å². The van der Waals surface area contributed by atoms with Gasteiger partial charge in [0.2, 0.25) is 0 Å². The SMILES string of the molecule is CCOC1CN(c2ccc(Nc3nc4c(-c5ncn[nH]5)cccc4c4cnccc34)c(Cl)c2)CCO1. The van der Waals surface area contributed by atoms with Gasteiger partial charge in [0, 0.05) is 53.0 Å². The van der Waals surface area contributed by atoms with Crippen LogP contribution in [0.5, 0.6) is 0 Å². The quantitative estimate of drug-likeness (QED) is 0.307. The number of benzene rings is 2. The molecule has 0 amide bonds. The summed E-state index contributed by atoms with van der Waals surface area (Å²) in [5.74, 6) is 1.34. The van der Waals surface area contributed by atoms with Gasteiger partial charge in [-0.15, -0.1) is 0 Å². The van der Waals surface area contributed by atoms with Crippen LogP contribution in [0.2, 0.25) is 5.02 Å². The molecule has 5 aromatic rings. The first-order chi connectivity index (χ1) is 17.7. The summed E-state index contributed by atoms with van der Waals surface area (Å²) in [6.07, 6.45) is 4.87. The van der Waals surface area contributed by atoms with Crippen LogP contribution < -0.4 is 10.2 Å². The molecule has 0 saturated carbocycles. The maximum absolute atomic E-state index is 6.76. The Bertz CT molecular complexity index is 1520. The molecule has 0 radical (unpaired) electrons. The minimum absolute atomic E-state index is 0.236. The van der Waals surface area contributed by atoms with Crippen molar-refractivity contribution in [2.75, 3.05) is 36.5 Å². The summed E-state index contributed by atoms with van der Waals surface area (Å²) in [4.78, 5) is 15.9. The van der Waals surface area contributed by atoms with E-state index in [1.54, 1.807) is 6.20 Å². The molecule has 1 fully saturated rings. The first-order valence-electron chi connectivity index (χ1n) is 11.8. The van der Waals surface area contributed by atoms with Gasteiger partial charge in [0.25, 0.3) is 0 Å². The van der Waals surface area contributed by atoms with Crippen LogP contribution >= 0.6 is 11.6 Å². The van der Waals surface area contributed by atoms with Crippen LogP contribution in [-0.4, -0.2) is 57.7 Å². The topological polar surface area (TPSA) is 101 Å². The van der Waals surface area contributed by atoms with E-state index in [0.29, 0.717) is 36.4 Å². The highest BCUT2D eigenvalue weighted by Crippen LogP contribution is 2.36. The lowest BCUT2D eigenvalue weighted by Gasteiger charge is -2.34. The molecule has 4 heterocycles. The molecule has 6 rings (SSSR count). The smallest absolute Gasteiger partial charge is 0.174 e. The summed E-state index contributed by atoms with van der Waals surface area (Å²) >= 11 is 6.76. The molecule has 182 valence electrons. The Balaban J connectivity index is 1.38. The van der Waals surface area contributed by atoms with Crippen molar-refractivity contribution in [3.05, 3.63) is 66.2 Å². The fourth-order valence-corrected chi connectivity index (χ4v) is 4.78. The van der Waals surface area contributed by atoms with Crippen molar-refractivity contribution in [1.29, 1.82) is 0 Å². The van der Waals surface area contributed by atoms with E-state index in [-0.39, 0.29) is 6.29 Å². The third kappa shape index (κ3) is 4.21. The van der Waals surface area contributed by atoms with Gasteiger partial charge in [-0.1, -0.05) is 23.7 Å². The van der Waals surface area contributed by atoms with Gasteiger partial charge in [-0.05, 0) is 37.3 Å². The Hall–Kier alpha value is -3.79. The fraction of sp³-hybridized carbons (Fsp3) is 0.231. The lowest BCUT2D eigenvalue weighted by Crippen LogP contribution is -2.43. The summed E-state index contributed by atoms with van der Waals surface area (Å²) in [7, 11) is 0. The van der Waals surface area contributed by atoms with Crippen molar-refractivity contribution < 1.29 is 9.47 Å². The molecule has 9 nitrogen and oxygen atoms in total. The Labute approximate surface area is 212 Å². The average molecular weight is 502 g/mol. The van der Waals surface area contributed by atoms with E-state index < -0.39 is 0 Å². The number of rotatable bonds is 6. The second-order valence-corrected chi connectivity index (χ2v) is 8.82. The van der Waals surface area contributed by atoms with E-state index >= 15 is 0 Å². The number of anilines is 3. The molecule has 36 heavy (non-hydrogen) atoms. The molecule has 1 saturated heterocycles. The van der Waals surface area contributed by atoms with E-state index in [0.717, 1.165) is 45.2 Å². The Morgan fingerprint density at radius 3 is 2.97 bits per heavy atom. The second kappa shape index (κ2) is 9.69. The highest BCUT2D eigenvalue weighted by atomic mass is 35.5. The number of nitrogens with zero attached hydrogens (tertiary/aromatic N) is 5. The zero-order valence-corrected chi connectivity index (χ0v) is 20.4. The molecular weight excluding hydrogens is 478 g/mol. The van der Waals surface area contributed by atoms with E-state index in [4.69, 9.17) is 26.1 Å². The van der Waals surface area contributed by atoms with E-state index in [9.17, 15) is 0 Å². The molecule has 0 spiro atoms. The monoisotopic (exact) mass is 501 g/mol. The van der Waals surface area contributed by atoms with Crippen LogP contribution in [0.1, 0.15) is 6.92 Å². The molecular formula is C26H24ClN7O2. The lowest BCUT2D eigenvalue weighted by molar-refractivity contribution is -0.143. The highest BCUT2D eigenvalue weighted by molar-refractivity contribution is 6.33. The second-order valence-electron chi connectivity index (χ2n) is 8.41. The molecule has 2 N–H and O–H groups in total. The van der Waals surface area contributed by atoms with Crippen molar-refractivity contribution in [3.8, 4) is 11.4 Å². The maximum atomic E-state index is 6.76. The van der Waals surface area contributed by atoms with Crippen LogP contribution in [0.25, 0.3) is 33.1 Å². The number of fused-ring (bicyclic) bond motifs is 3. The number of pyridine rings is 2. The molecule has 3 aromatic heterocycles. The zero-order valence-electron chi connectivity index (χ0n) is 19.6. The number of aromatic nitrogens is 5. The van der Waals surface area contributed by atoms with Gasteiger partial charge in [0.1, 0.15) is 12.1 Å². The van der Waals surface area contributed by atoms with Gasteiger partial charge in [-0.25, -0.2) is 9.97 Å². The number of halogens is 1. The predicted molar refractivity (Wildman–Crippen MR) is 141 cm³/mol. The van der Waals surface area contributed by atoms with Crippen molar-refractivity contribution in [3.63, 3.8) is 0 Å². The standard InChI is InChI=1S/C26H24ClN7O2/c1-2-35-23-14-34(10-11-36-23)16-6-7-22(21(27)12-16)31-26-18-8-9-28-13-20(18)17-4-3-5-19(24(17)32-26)25-29-15-30-33-25/h3-9,12-13,15,23H,2,10-11,14H2,1H3,(H,31,32)(H,29,30,33). The Morgan fingerprint density at radius 2 is 2.14 bits per heavy atom. The molecule has 0 aliphatic carbocycles. The maximum Gasteiger partial charge on any atom is 0.174 e. The Morgan fingerprint density at radius 1 is 1.19 bits per heavy atom. The molecule has 1 aliphatic heterocycles. The predicted octanol–water partition coefficient (Wildman–Crippen LogP) is 5.16. The highest BCUT2D eigenvalue weighted by Gasteiger charge is 2.22. The molecule has 1 aliphatic rings. The van der Waals surface area contributed by atoms with Gasteiger partial charge < -0.3 is 19.7 Å². The average Bonchev–Trinajstić information content (AvgIpc) is 3.45. The number of hydrogen-bond donors (Lipinski definition) is 2. The third-order valence-electron chi connectivity index (χ3n) is 6.25. The van der Waals surface area contributed by atoms with Crippen molar-refractivity contribution in [1.82, 2.24) is 25.1 Å². The number of aromatic amines is 1. The molecule has 10 heteroatoms. The molecule has 2 aromatic carbocycles. The van der Waals surface area contributed by atoms with Crippen LogP contribution in [0.3, 0.4) is 0 Å². The van der Waals surface area contributed by atoms with Crippen LogP contribution in [0, 0.1) is 0 Å². The van der Waals surface area contributed by atoms with Gasteiger partial charge in [-0.2, -0.15) is 5.10 Å². The van der Waals surface area contributed by atoms with E-state index in [2.05, 4.69) is 30.4 Å². The van der Waals surface area contributed by atoms with Gasteiger partial charge >= 0.3 is 0 Å². The fourth-order valence-electron chi connectivity index (χ4n) is 4.56. The zero-order chi connectivity index (χ0) is 24.5. The molecule has 0 bridgehead atoms. The van der Waals surface area contributed by atoms with Crippen molar-refractivity contribution >= 4 is 50.5 Å². The van der Waals surface area contributed by atoms with Crippen molar-refractivity contribution in [2.45, 2.75) is 13.2 Å². The summed E-state index contributed by atoms with van der Waals surface area (Å²) < 4.78 is 11.3. The van der Waals surface area contributed by atoms with E-state index in [1.807, 2.05) is 55.6 Å². The minimum Gasteiger partial charge on any atom is -0.364 e. The number of morpholine rings is 1. The number of para-hydroxylation sites is 1. The lowest BCUT2D eigenvalue weighted by atomic mass is 10.0. The van der Waals surface area contributed by atoms with Gasteiger partial charge in [0.05, 0.1) is 29.4 Å². The first kappa shape index (κ1) is 22.7. The van der Waals surface area contributed by atoms with Crippen LogP contribution in [-0.2, 0) is 9.47 Å². The summed E-state index contributed by atoms with van der Waals surface area (Å²) in [6.45, 7) is 4.63. The first-order valence-corrected chi connectivity index (χ1v) is 12.2. The normalized spacial score (nSPS) is 16.1. The summed E-state index contributed by atoms with van der Waals surface area (Å²) in [5, 5.41) is 13.9. The number of hydrogen-bond acceptors (Lipinski definition) is 8. The molecule has 1 unspecified atom stereocenters. The number of nitrogens with one attached hydrogen (secondary N) is 2. The van der Waals surface area contributed by atoms with Crippen LogP contribution in [0.15, 0.2) is 61.2 Å². The molecule has 1 atom stereocenters. The summed E-state index contributed by atoms with van der Waals surface area (Å²) in [6, 6.07) is 13.9. The Kier molecular flexibility index (Phi) is 6.10. The number of H-pyrrole nitrogens is 1. The third-order valence-corrected chi connectivity index (χ3v) is 6.57. The van der Waals surface area contributed by atoms with Gasteiger partial charge in [0.15, 0.2) is 12.1 Å². The minimum atomic E-state index is -0.236. The van der Waals surface area contributed by atoms with Crippen LogP contribution in [0.4, 0.5) is 17.2 Å². The van der Waals surface area contributed by atoms with Crippen molar-refractivity contribution in [2.24, 2.45) is 0 Å². The number of ether oxygens (including phenoxy) is 2.